The number of nitrogens with zero attached hydrogens (tertiary/aromatic N) is 4. The second-order valence-electron chi connectivity index (χ2n) is 7.96. The number of rotatable bonds is 6. The first-order valence-electron chi connectivity index (χ1n) is 11.0. The number of aromatic nitrogens is 3. The van der Waals surface area contributed by atoms with E-state index in [0.717, 1.165) is 62.1 Å². The molecule has 10 heteroatoms. The number of carbonyl (C=O) groups excluding carboxylic acids is 1. The summed E-state index contributed by atoms with van der Waals surface area (Å²) < 4.78 is 5.32. The SMILES string of the molecule is CN=C(NCCc1nc(-c2ccco2)n[nH]1)NC1CCC(C(=O)N2CCSCC2)CC1. The van der Waals surface area contributed by atoms with Crippen LogP contribution in [-0.4, -0.2) is 76.2 Å². The topological polar surface area (TPSA) is 111 Å². The highest BCUT2D eigenvalue weighted by atomic mass is 32.2. The molecule has 0 bridgehead atoms. The number of carbonyl (C=O) groups is 1. The van der Waals surface area contributed by atoms with Crippen LogP contribution >= 0.6 is 11.8 Å². The van der Waals surface area contributed by atoms with Crippen molar-refractivity contribution in [3.05, 3.63) is 24.2 Å². The van der Waals surface area contributed by atoms with Gasteiger partial charge in [-0.05, 0) is 37.8 Å². The summed E-state index contributed by atoms with van der Waals surface area (Å²) in [5.41, 5.74) is 0. The van der Waals surface area contributed by atoms with Crippen molar-refractivity contribution in [2.45, 2.75) is 38.1 Å². The van der Waals surface area contributed by atoms with Gasteiger partial charge in [-0.1, -0.05) is 0 Å². The van der Waals surface area contributed by atoms with Crippen molar-refractivity contribution in [3.8, 4) is 11.6 Å². The molecular weight excluding hydrogens is 414 g/mol. The molecule has 0 radical (unpaired) electrons. The van der Waals surface area contributed by atoms with Crippen LogP contribution in [-0.2, 0) is 11.2 Å². The van der Waals surface area contributed by atoms with E-state index >= 15 is 0 Å². The second kappa shape index (κ2) is 10.7. The van der Waals surface area contributed by atoms with Crippen molar-refractivity contribution in [1.82, 2.24) is 30.7 Å². The fraction of sp³-hybridized carbons (Fsp3) is 0.619. The number of H-pyrrole nitrogens is 1. The number of thioether (sulfide) groups is 1. The zero-order valence-corrected chi connectivity index (χ0v) is 18.8. The first kappa shape index (κ1) is 21.7. The second-order valence-corrected chi connectivity index (χ2v) is 9.19. The minimum absolute atomic E-state index is 0.186. The molecule has 1 aliphatic heterocycles. The Hall–Kier alpha value is -2.49. The lowest BCUT2D eigenvalue weighted by Crippen LogP contribution is -2.47. The van der Waals surface area contributed by atoms with Crippen LogP contribution in [0.25, 0.3) is 11.6 Å². The highest BCUT2D eigenvalue weighted by Gasteiger charge is 2.30. The van der Waals surface area contributed by atoms with Crippen molar-refractivity contribution in [1.29, 1.82) is 0 Å². The molecule has 3 N–H and O–H groups in total. The third-order valence-electron chi connectivity index (χ3n) is 5.89. The molecule has 1 aliphatic carbocycles. The molecule has 168 valence electrons. The minimum Gasteiger partial charge on any atom is -0.461 e. The number of guanidine groups is 1. The van der Waals surface area contributed by atoms with Gasteiger partial charge >= 0.3 is 0 Å². The fourth-order valence-electron chi connectivity index (χ4n) is 4.14. The Labute approximate surface area is 186 Å². The Morgan fingerprint density at radius 3 is 2.84 bits per heavy atom. The standard InChI is InChI=1S/C21H31N7O2S/c1-22-21(23-9-8-18-25-19(27-26-18)17-3-2-12-30-17)24-16-6-4-15(5-7-16)20(29)28-10-13-31-14-11-28/h2-3,12,15-16H,4-11,13-14H2,1H3,(H2,22,23,24)(H,25,26,27). The van der Waals surface area contributed by atoms with Crippen LogP contribution in [0.1, 0.15) is 31.5 Å². The molecule has 2 aromatic rings. The molecule has 0 unspecified atom stereocenters. The van der Waals surface area contributed by atoms with Crippen LogP contribution in [0.2, 0.25) is 0 Å². The molecule has 0 spiro atoms. The summed E-state index contributed by atoms with van der Waals surface area (Å²) in [7, 11) is 1.78. The average molecular weight is 446 g/mol. The van der Waals surface area contributed by atoms with Crippen molar-refractivity contribution in [3.63, 3.8) is 0 Å². The lowest BCUT2D eigenvalue weighted by atomic mass is 9.85. The number of aliphatic imine (C=N–C) groups is 1. The van der Waals surface area contributed by atoms with E-state index in [0.29, 0.717) is 36.5 Å². The zero-order valence-electron chi connectivity index (χ0n) is 18.0. The molecule has 0 atom stereocenters. The largest absolute Gasteiger partial charge is 0.461 e. The zero-order chi connectivity index (χ0) is 21.5. The molecule has 2 fully saturated rings. The van der Waals surface area contributed by atoms with Gasteiger partial charge in [0.1, 0.15) is 5.82 Å². The number of hydrogen-bond acceptors (Lipinski definition) is 6. The highest BCUT2D eigenvalue weighted by molar-refractivity contribution is 7.99. The molecule has 1 saturated carbocycles. The van der Waals surface area contributed by atoms with E-state index in [2.05, 4.69) is 35.7 Å². The fourth-order valence-corrected chi connectivity index (χ4v) is 5.04. The monoisotopic (exact) mass is 445 g/mol. The molecule has 1 amide bonds. The van der Waals surface area contributed by atoms with E-state index in [1.165, 1.54) is 0 Å². The van der Waals surface area contributed by atoms with Gasteiger partial charge in [-0.3, -0.25) is 14.9 Å². The van der Waals surface area contributed by atoms with Gasteiger partial charge in [-0.25, -0.2) is 4.98 Å². The minimum atomic E-state index is 0.186. The Balaban J connectivity index is 1.17. The summed E-state index contributed by atoms with van der Waals surface area (Å²) in [5.74, 6) is 5.50. The van der Waals surface area contributed by atoms with E-state index in [4.69, 9.17) is 4.42 Å². The maximum atomic E-state index is 12.7. The van der Waals surface area contributed by atoms with Gasteiger partial charge in [0.2, 0.25) is 11.7 Å². The molecule has 9 nitrogen and oxygen atoms in total. The van der Waals surface area contributed by atoms with E-state index in [9.17, 15) is 4.79 Å². The third kappa shape index (κ3) is 5.81. The van der Waals surface area contributed by atoms with E-state index < -0.39 is 0 Å². The van der Waals surface area contributed by atoms with Crippen LogP contribution in [0.3, 0.4) is 0 Å². The Morgan fingerprint density at radius 2 is 2.13 bits per heavy atom. The number of furan rings is 1. The molecule has 2 aromatic heterocycles. The maximum Gasteiger partial charge on any atom is 0.225 e. The first-order valence-corrected chi connectivity index (χ1v) is 12.2. The van der Waals surface area contributed by atoms with Gasteiger partial charge in [-0.2, -0.15) is 16.9 Å². The molecule has 3 heterocycles. The van der Waals surface area contributed by atoms with E-state index in [-0.39, 0.29) is 5.92 Å². The lowest BCUT2D eigenvalue weighted by molar-refractivity contribution is -0.136. The summed E-state index contributed by atoms with van der Waals surface area (Å²) in [6, 6.07) is 4.01. The Morgan fingerprint density at radius 1 is 1.32 bits per heavy atom. The Bertz CT molecular complexity index is 853. The van der Waals surface area contributed by atoms with Crippen molar-refractivity contribution >= 4 is 23.6 Å². The third-order valence-corrected chi connectivity index (χ3v) is 6.83. The molecule has 31 heavy (non-hydrogen) atoms. The van der Waals surface area contributed by atoms with Gasteiger partial charge in [0.25, 0.3) is 0 Å². The molecule has 1 saturated heterocycles. The van der Waals surface area contributed by atoms with Crippen LogP contribution in [0.15, 0.2) is 27.8 Å². The summed E-state index contributed by atoms with van der Waals surface area (Å²) >= 11 is 1.94. The van der Waals surface area contributed by atoms with Crippen molar-refractivity contribution in [2.24, 2.45) is 10.9 Å². The van der Waals surface area contributed by atoms with Crippen LogP contribution in [0.5, 0.6) is 0 Å². The van der Waals surface area contributed by atoms with Gasteiger partial charge in [0.05, 0.1) is 6.26 Å². The smallest absolute Gasteiger partial charge is 0.225 e. The van der Waals surface area contributed by atoms with E-state index in [1.807, 2.05) is 23.9 Å². The lowest BCUT2D eigenvalue weighted by Gasteiger charge is -2.34. The van der Waals surface area contributed by atoms with Crippen LogP contribution in [0.4, 0.5) is 0 Å². The first-order chi connectivity index (χ1) is 15.2. The predicted molar refractivity (Wildman–Crippen MR) is 122 cm³/mol. The van der Waals surface area contributed by atoms with Crippen LogP contribution < -0.4 is 10.6 Å². The van der Waals surface area contributed by atoms with Crippen LogP contribution in [0, 0.1) is 5.92 Å². The molecule has 0 aromatic carbocycles. The predicted octanol–water partition coefficient (Wildman–Crippen LogP) is 1.91. The molecular formula is C21H31N7O2S. The van der Waals surface area contributed by atoms with Gasteiger partial charge in [0.15, 0.2) is 11.7 Å². The van der Waals surface area contributed by atoms with Crippen molar-refractivity contribution < 1.29 is 9.21 Å². The normalized spacial score (nSPS) is 22.4. The summed E-state index contributed by atoms with van der Waals surface area (Å²) in [5, 5.41) is 14.0. The summed E-state index contributed by atoms with van der Waals surface area (Å²) in [6.07, 6.45) is 6.20. The van der Waals surface area contributed by atoms with Crippen molar-refractivity contribution in [2.75, 3.05) is 38.2 Å². The summed E-state index contributed by atoms with van der Waals surface area (Å²) in [6.45, 7) is 2.51. The number of nitrogens with one attached hydrogen (secondary N) is 3. The molecule has 2 aliphatic rings. The van der Waals surface area contributed by atoms with E-state index in [1.54, 1.807) is 13.3 Å². The number of aromatic amines is 1. The number of hydrogen-bond donors (Lipinski definition) is 3. The summed E-state index contributed by atoms with van der Waals surface area (Å²) in [4.78, 5) is 23.6. The quantitative estimate of drug-likeness (QED) is 0.460. The Kier molecular flexibility index (Phi) is 7.50. The van der Waals surface area contributed by atoms with Gasteiger partial charge in [0, 0.05) is 56.6 Å². The molecule has 4 rings (SSSR count). The van der Waals surface area contributed by atoms with Gasteiger partial charge in [-0.15, -0.1) is 0 Å². The number of amides is 1. The maximum absolute atomic E-state index is 12.7. The average Bonchev–Trinajstić information content (AvgIpc) is 3.51. The van der Waals surface area contributed by atoms with Gasteiger partial charge < -0.3 is 20.0 Å². The highest BCUT2D eigenvalue weighted by Crippen LogP contribution is 2.27.